The largest absolute Gasteiger partial charge is 0.457 e. The fourth-order valence-electron chi connectivity index (χ4n) is 5.54. The van der Waals surface area contributed by atoms with Gasteiger partial charge in [0.15, 0.2) is 0 Å². The number of hydrogen-bond donors (Lipinski definition) is 0. The molecule has 2 bridgehead atoms. The Morgan fingerprint density at radius 3 is 2.68 bits per heavy atom. The fourth-order valence-corrected chi connectivity index (χ4v) is 5.54. The van der Waals surface area contributed by atoms with Crippen LogP contribution in [0, 0.1) is 5.92 Å². The highest BCUT2D eigenvalue weighted by atomic mass is 16.6. The van der Waals surface area contributed by atoms with Gasteiger partial charge in [-0.05, 0) is 51.0 Å². The van der Waals surface area contributed by atoms with Crippen molar-refractivity contribution in [2.24, 2.45) is 5.92 Å². The Labute approximate surface area is 217 Å². The number of likely N-dealkylation sites (N-methyl/N-ethyl adjacent to an activating group) is 1. The molecule has 1 saturated heterocycles. The predicted octanol–water partition coefficient (Wildman–Crippen LogP) is 5.26. The smallest absolute Gasteiger partial charge is 0.331 e. The molecule has 3 aliphatic rings. The van der Waals surface area contributed by atoms with Crippen LogP contribution >= 0.6 is 0 Å². The summed E-state index contributed by atoms with van der Waals surface area (Å²) >= 11 is 0. The third kappa shape index (κ3) is 4.54. The van der Waals surface area contributed by atoms with Crippen LogP contribution in [0.25, 0.3) is 10.9 Å². The highest BCUT2D eigenvalue weighted by molar-refractivity contribution is 6.04. The molecule has 1 aromatic carbocycles. The third-order valence-electron chi connectivity index (χ3n) is 7.25. The number of nitrogens with zero attached hydrogens (tertiary/aromatic N) is 3. The monoisotopic (exact) mass is 499 g/mol. The number of hydrogen-bond acceptors (Lipinski definition) is 4. The van der Waals surface area contributed by atoms with E-state index in [0.717, 1.165) is 27.7 Å². The van der Waals surface area contributed by atoms with E-state index in [9.17, 15) is 14.4 Å². The SMILES string of the molecule is CC(C1C=CC=C(/C=C/C(=O)OC(C)(C)C)C=C1)n1c2c(c3ccccc31)C1CN(C2)C(=O)N(C)C1=O. The van der Waals surface area contributed by atoms with E-state index in [1.165, 1.54) is 11.0 Å². The Morgan fingerprint density at radius 2 is 1.92 bits per heavy atom. The highest BCUT2D eigenvalue weighted by Crippen LogP contribution is 2.43. The van der Waals surface area contributed by atoms with Gasteiger partial charge in [-0.15, -0.1) is 0 Å². The van der Waals surface area contributed by atoms with Crippen molar-refractivity contribution in [1.29, 1.82) is 0 Å². The molecule has 3 atom stereocenters. The molecule has 3 heterocycles. The molecule has 1 fully saturated rings. The number of carbonyl (C=O) groups excluding carboxylic acids is 3. The van der Waals surface area contributed by atoms with E-state index in [0.29, 0.717) is 13.1 Å². The number of imide groups is 1. The van der Waals surface area contributed by atoms with Gasteiger partial charge in [0.2, 0.25) is 5.91 Å². The fraction of sp³-hybridized carbons (Fsp3) is 0.367. The molecule has 3 unspecified atom stereocenters. The van der Waals surface area contributed by atoms with E-state index < -0.39 is 5.60 Å². The van der Waals surface area contributed by atoms with Crippen LogP contribution in [0.3, 0.4) is 0 Å². The zero-order valence-corrected chi connectivity index (χ0v) is 22.0. The molecule has 7 nitrogen and oxygen atoms in total. The number of fused-ring (bicyclic) bond motifs is 6. The Bertz CT molecular complexity index is 1400. The van der Waals surface area contributed by atoms with Crippen molar-refractivity contribution in [3.63, 3.8) is 0 Å². The maximum absolute atomic E-state index is 13.1. The molecular weight excluding hydrogens is 466 g/mol. The third-order valence-corrected chi connectivity index (χ3v) is 7.25. The minimum Gasteiger partial charge on any atom is -0.457 e. The summed E-state index contributed by atoms with van der Waals surface area (Å²) in [7, 11) is 1.57. The predicted molar refractivity (Wildman–Crippen MR) is 143 cm³/mol. The van der Waals surface area contributed by atoms with Crippen LogP contribution in [0.15, 0.2) is 72.4 Å². The molecule has 0 N–H and O–H groups in total. The van der Waals surface area contributed by atoms with Crippen LogP contribution < -0.4 is 0 Å². The van der Waals surface area contributed by atoms with Crippen LogP contribution in [0.5, 0.6) is 0 Å². The molecule has 3 amide bonds. The lowest BCUT2D eigenvalue weighted by Crippen LogP contribution is -2.56. The topological polar surface area (TPSA) is 71.8 Å². The molecule has 1 aliphatic carbocycles. The second-order valence-corrected chi connectivity index (χ2v) is 11.0. The average molecular weight is 500 g/mol. The zero-order valence-electron chi connectivity index (χ0n) is 22.0. The number of ether oxygens (including phenoxy) is 1. The van der Waals surface area contributed by atoms with E-state index in [2.05, 4.69) is 35.8 Å². The van der Waals surface area contributed by atoms with E-state index >= 15 is 0 Å². The number of carbonyl (C=O) groups is 3. The van der Waals surface area contributed by atoms with Gasteiger partial charge in [-0.2, -0.15) is 0 Å². The minimum atomic E-state index is -0.534. The maximum Gasteiger partial charge on any atom is 0.331 e. The summed E-state index contributed by atoms with van der Waals surface area (Å²) in [5.41, 5.74) is 3.51. The molecule has 0 saturated carbocycles. The van der Waals surface area contributed by atoms with Crippen molar-refractivity contribution in [3.05, 3.63) is 83.6 Å². The van der Waals surface area contributed by atoms with Gasteiger partial charge >= 0.3 is 12.0 Å². The summed E-state index contributed by atoms with van der Waals surface area (Å²) in [5.74, 6) is -0.802. The first-order chi connectivity index (χ1) is 17.5. The van der Waals surface area contributed by atoms with Gasteiger partial charge in [-0.3, -0.25) is 9.69 Å². The maximum atomic E-state index is 13.1. The van der Waals surface area contributed by atoms with E-state index in [1.54, 1.807) is 18.0 Å². The number of esters is 1. The Morgan fingerprint density at radius 1 is 1.16 bits per heavy atom. The lowest BCUT2D eigenvalue weighted by molar-refractivity contribution is -0.148. The van der Waals surface area contributed by atoms with Crippen molar-refractivity contribution < 1.29 is 19.1 Å². The Balaban J connectivity index is 1.46. The van der Waals surface area contributed by atoms with Crippen molar-refractivity contribution in [2.45, 2.75) is 51.8 Å². The van der Waals surface area contributed by atoms with Gasteiger partial charge in [0, 0.05) is 48.2 Å². The highest BCUT2D eigenvalue weighted by Gasteiger charge is 2.45. The van der Waals surface area contributed by atoms with Gasteiger partial charge in [-0.25, -0.2) is 9.59 Å². The zero-order chi connectivity index (χ0) is 26.5. The van der Waals surface area contributed by atoms with Crippen LogP contribution in [0.4, 0.5) is 4.79 Å². The molecule has 2 aromatic rings. The normalized spacial score (nSPS) is 22.4. The van der Waals surface area contributed by atoms with Gasteiger partial charge < -0.3 is 14.2 Å². The molecular formula is C30H33N3O4. The second-order valence-electron chi connectivity index (χ2n) is 11.0. The molecule has 192 valence electrons. The van der Waals surface area contributed by atoms with Crippen molar-refractivity contribution >= 4 is 28.8 Å². The second kappa shape index (κ2) is 9.21. The molecule has 2 aliphatic heterocycles. The van der Waals surface area contributed by atoms with Gasteiger partial charge in [-0.1, -0.05) is 48.6 Å². The number of allylic oxidation sites excluding steroid dienone is 7. The van der Waals surface area contributed by atoms with Crippen molar-refractivity contribution in [2.75, 3.05) is 13.6 Å². The van der Waals surface area contributed by atoms with Gasteiger partial charge in [0.1, 0.15) is 5.60 Å². The average Bonchev–Trinajstić information content (AvgIpc) is 2.99. The van der Waals surface area contributed by atoms with E-state index in [4.69, 9.17) is 4.74 Å². The molecule has 37 heavy (non-hydrogen) atoms. The molecule has 5 rings (SSSR count). The number of aromatic nitrogens is 1. The number of urea groups is 1. The Hall–Kier alpha value is -3.87. The summed E-state index contributed by atoms with van der Waals surface area (Å²) in [6.45, 7) is 8.60. The van der Waals surface area contributed by atoms with Gasteiger partial charge in [0.25, 0.3) is 0 Å². The summed E-state index contributed by atoms with van der Waals surface area (Å²) in [6, 6.07) is 7.99. The van der Waals surface area contributed by atoms with E-state index in [1.807, 2.05) is 51.1 Å². The lowest BCUT2D eigenvalue weighted by atomic mass is 9.89. The van der Waals surface area contributed by atoms with E-state index in [-0.39, 0.29) is 35.8 Å². The summed E-state index contributed by atoms with van der Waals surface area (Å²) in [6.07, 6.45) is 13.5. The summed E-state index contributed by atoms with van der Waals surface area (Å²) in [4.78, 5) is 41.0. The first-order valence-corrected chi connectivity index (χ1v) is 12.7. The minimum absolute atomic E-state index is 0.0340. The molecule has 7 heteroatoms. The number of amides is 3. The quantitative estimate of drug-likeness (QED) is 0.425. The number of para-hydroxylation sites is 1. The lowest BCUT2D eigenvalue weighted by Gasteiger charge is -2.41. The van der Waals surface area contributed by atoms with Crippen LogP contribution in [-0.4, -0.2) is 51.5 Å². The first-order valence-electron chi connectivity index (χ1n) is 12.7. The Kier molecular flexibility index (Phi) is 6.18. The van der Waals surface area contributed by atoms with Gasteiger partial charge in [0.05, 0.1) is 12.5 Å². The van der Waals surface area contributed by atoms with Crippen LogP contribution in [0.2, 0.25) is 0 Å². The standard InChI is InChI=1S/C30H33N3O4/c1-19(21-10-8-9-20(13-15-21)14-16-26(34)37-30(2,3)4)33-24-12-7-6-11-22(24)27-23-17-32(18-25(27)33)29(36)31(5)28(23)35/h6-16,19,21,23H,17-18H2,1-5H3/b16-14+. The van der Waals surface area contributed by atoms with Crippen molar-refractivity contribution in [3.8, 4) is 0 Å². The molecule has 0 spiro atoms. The summed E-state index contributed by atoms with van der Waals surface area (Å²) < 4.78 is 7.66. The van der Waals surface area contributed by atoms with Crippen molar-refractivity contribution in [1.82, 2.24) is 14.4 Å². The van der Waals surface area contributed by atoms with Crippen LogP contribution in [-0.2, 0) is 20.9 Å². The molecule has 0 radical (unpaired) electrons. The van der Waals surface area contributed by atoms with Crippen LogP contribution in [0.1, 0.15) is 50.9 Å². The molecule has 1 aromatic heterocycles. The first kappa shape index (κ1) is 24.8. The number of rotatable bonds is 4. The summed E-state index contributed by atoms with van der Waals surface area (Å²) in [5, 5.41) is 1.07. The number of benzene rings is 1.